The molecular formula is C17H17O. The van der Waals surface area contributed by atoms with Crippen LogP contribution in [0.15, 0.2) is 36.4 Å². The van der Waals surface area contributed by atoms with E-state index in [0.29, 0.717) is 0 Å². The molecule has 2 aromatic carbocycles. The van der Waals surface area contributed by atoms with Gasteiger partial charge in [-0.3, -0.25) is 5.11 Å². The van der Waals surface area contributed by atoms with E-state index in [1.807, 2.05) is 18.2 Å². The number of benzene rings is 2. The van der Waals surface area contributed by atoms with E-state index in [1.54, 1.807) is 0 Å². The Morgan fingerprint density at radius 3 is 2.72 bits per heavy atom. The highest BCUT2D eigenvalue weighted by Crippen LogP contribution is 2.42. The van der Waals surface area contributed by atoms with Gasteiger partial charge in [0.05, 0.1) is 0 Å². The molecular weight excluding hydrogens is 220 g/mol. The van der Waals surface area contributed by atoms with E-state index < -0.39 is 0 Å². The monoisotopic (exact) mass is 237 g/mol. The first kappa shape index (κ1) is 11.3. The molecule has 0 aliphatic heterocycles. The predicted molar refractivity (Wildman–Crippen MR) is 73.4 cm³/mol. The summed E-state index contributed by atoms with van der Waals surface area (Å²) in [6, 6.07) is 12.5. The molecule has 0 amide bonds. The van der Waals surface area contributed by atoms with Crippen LogP contribution in [0.25, 0.3) is 11.1 Å². The molecule has 0 N–H and O–H groups in total. The van der Waals surface area contributed by atoms with Crippen LogP contribution in [0.2, 0.25) is 0 Å². The molecule has 1 nitrogen and oxygen atoms in total. The molecule has 0 fully saturated rings. The second-order valence-corrected chi connectivity index (χ2v) is 5.02. The molecule has 18 heavy (non-hydrogen) atoms. The van der Waals surface area contributed by atoms with Gasteiger partial charge in [0.15, 0.2) is 5.75 Å². The van der Waals surface area contributed by atoms with Gasteiger partial charge in [-0.05, 0) is 35.1 Å². The third-order valence-corrected chi connectivity index (χ3v) is 3.82. The molecule has 0 saturated carbocycles. The van der Waals surface area contributed by atoms with Crippen molar-refractivity contribution in [2.45, 2.75) is 32.6 Å². The lowest BCUT2D eigenvalue weighted by atomic mass is 9.99. The molecule has 0 bridgehead atoms. The van der Waals surface area contributed by atoms with Gasteiger partial charge in [0, 0.05) is 12.0 Å². The Morgan fingerprint density at radius 1 is 1.06 bits per heavy atom. The van der Waals surface area contributed by atoms with Crippen molar-refractivity contribution in [1.29, 1.82) is 0 Å². The molecule has 1 aliphatic carbocycles. The van der Waals surface area contributed by atoms with E-state index in [-0.39, 0.29) is 5.75 Å². The summed E-state index contributed by atoms with van der Waals surface area (Å²) >= 11 is 0. The van der Waals surface area contributed by atoms with Gasteiger partial charge in [0.2, 0.25) is 0 Å². The maximum Gasteiger partial charge on any atom is 0.185 e. The van der Waals surface area contributed by atoms with E-state index in [4.69, 9.17) is 0 Å². The minimum atomic E-state index is 0.275. The number of hydrogen-bond donors (Lipinski definition) is 0. The average molecular weight is 237 g/mol. The molecule has 0 spiro atoms. The van der Waals surface area contributed by atoms with Crippen molar-refractivity contribution in [3.8, 4) is 16.9 Å². The summed E-state index contributed by atoms with van der Waals surface area (Å²) in [7, 11) is 0. The topological polar surface area (TPSA) is 19.9 Å². The summed E-state index contributed by atoms with van der Waals surface area (Å²) in [6.45, 7) is 2.16. The van der Waals surface area contributed by atoms with E-state index in [0.717, 1.165) is 42.4 Å². The molecule has 91 valence electrons. The van der Waals surface area contributed by atoms with Gasteiger partial charge in [0.25, 0.3) is 0 Å². The lowest BCUT2D eigenvalue weighted by molar-refractivity contribution is 0.346. The SMILES string of the molecule is CCCCc1ccc2c(c1[O])Cc1ccccc1-2. The number of unbranched alkanes of at least 4 members (excludes halogenated alkanes) is 1. The molecule has 0 atom stereocenters. The van der Waals surface area contributed by atoms with Crippen molar-refractivity contribution < 1.29 is 5.11 Å². The van der Waals surface area contributed by atoms with E-state index in [2.05, 4.69) is 25.1 Å². The Morgan fingerprint density at radius 2 is 1.89 bits per heavy atom. The van der Waals surface area contributed by atoms with Crippen LogP contribution in [0.3, 0.4) is 0 Å². The maximum atomic E-state index is 12.4. The molecule has 1 aliphatic rings. The van der Waals surface area contributed by atoms with Gasteiger partial charge in [0.1, 0.15) is 0 Å². The highest BCUT2D eigenvalue weighted by atomic mass is 16.3. The summed E-state index contributed by atoms with van der Waals surface area (Å²) in [5, 5.41) is 12.4. The summed E-state index contributed by atoms with van der Waals surface area (Å²) in [5.41, 5.74) is 5.67. The van der Waals surface area contributed by atoms with Crippen LogP contribution in [0, 0.1) is 0 Å². The summed E-state index contributed by atoms with van der Waals surface area (Å²) in [5.74, 6) is 0.275. The van der Waals surface area contributed by atoms with Crippen molar-refractivity contribution in [2.75, 3.05) is 0 Å². The van der Waals surface area contributed by atoms with Crippen molar-refractivity contribution in [3.05, 3.63) is 53.1 Å². The molecule has 0 aromatic heterocycles. The summed E-state index contributed by atoms with van der Waals surface area (Å²) in [6.07, 6.45) is 3.96. The van der Waals surface area contributed by atoms with Gasteiger partial charge >= 0.3 is 0 Å². The number of aryl methyl sites for hydroxylation is 1. The Labute approximate surface area is 108 Å². The van der Waals surface area contributed by atoms with Crippen molar-refractivity contribution >= 4 is 0 Å². The lowest BCUT2D eigenvalue weighted by Gasteiger charge is -2.06. The van der Waals surface area contributed by atoms with Crippen LogP contribution in [0.4, 0.5) is 0 Å². The molecule has 1 heteroatoms. The molecule has 1 radical (unpaired) electrons. The van der Waals surface area contributed by atoms with Gasteiger partial charge in [-0.2, -0.15) is 0 Å². The third-order valence-electron chi connectivity index (χ3n) is 3.82. The quantitative estimate of drug-likeness (QED) is 0.626. The number of fused-ring (bicyclic) bond motifs is 3. The number of rotatable bonds is 3. The number of hydrogen-bond acceptors (Lipinski definition) is 0. The van der Waals surface area contributed by atoms with Crippen LogP contribution in [-0.2, 0) is 17.9 Å². The normalized spacial score (nSPS) is 12.3. The maximum absolute atomic E-state index is 12.4. The van der Waals surface area contributed by atoms with Crippen molar-refractivity contribution in [3.63, 3.8) is 0 Å². The van der Waals surface area contributed by atoms with E-state index in [9.17, 15) is 5.11 Å². The van der Waals surface area contributed by atoms with Gasteiger partial charge < -0.3 is 0 Å². The Kier molecular flexibility index (Phi) is 2.83. The zero-order chi connectivity index (χ0) is 12.5. The molecule has 0 unspecified atom stereocenters. The fourth-order valence-corrected chi connectivity index (χ4v) is 2.80. The molecule has 0 heterocycles. The summed E-state index contributed by atoms with van der Waals surface area (Å²) < 4.78 is 0. The first-order chi connectivity index (χ1) is 8.81. The Balaban J connectivity index is 2.04. The minimum absolute atomic E-state index is 0.275. The summed E-state index contributed by atoms with van der Waals surface area (Å²) in [4.78, 5) is 0. The second-order valence-electron chi connectivity index (χ2n) is 5.02. The van der Waals surface area contributed by atoms with Crippen LogP contribution in [-0.4, -0.2) is 0 Å². The fourth-order valence-electron chi connectivity index (χ4n) is 2.80. The highest BCUT2D eigenvalue weighted by molar-refractivity contribution is 5.79. The van der Waals surface area contributed by atoms with E-state index in [1.165, 1.54) is 11.1 Å². The van der Waals surface area contributed by atoms with Crippen LogP contribution in [0.5, 0.6) is 5.75 Å². The van der Waals surface area contributed by atoms with Crippen LogP contribution < -0.4 is 0 Å². The predicted octanol–water partition coefficient (Wildman–Crippen LogP) is 4.74. The Hall–Kier alpha value is -1.76. The van der Waals surface area contributed by atoms with E-state index >= 15 is 0 Å². The Bertz CT molecular complexity index is 584. The van der Waals surface area contributed by atoms with Gasteiger partial charge in [-0.25, -0.2) is 0 Å². The fraction of sp³-hybridized carbons (Fsp3) is 0.294. The smallest absolute Gasteiger partial charge is 0.185 e. The molecule has 3 rings (SSSR count). The molecule has 0 saturated heterocycles. The van der Waals surface area contributed by atoms with Crippen molar-refractivity contribution in [1.82, 2.24) is 0 Å². The third kappa shape index (κ3) is 1.71. The first-order valence-corrected chi connectivity index (χ1v) is 6.71. The van der Waals surface area contributed by atoms with Gasteiger partial charge in [-0.15, -0.1) is 0 Å². The van der Waals surface area contributed by atoms with Crippen molar-refractivity contribution in [2.24, 2.45) is 0 Å². The average Bonchev–Trinajstić information content (AvgIpc) is 2.78. The first-order valence-electron chi connectivity index (χ1n) is 6.71. The van der Waals surface area contributed by atoms with Crippen LogP contribution in [0.1, 0.15) is 36.5 Å². The zero-order valence-corrected chi connectivity index (χ0v) is 10.7. The molecule has 2 aromatic rings. The second kappa shape index (κ2) is 4.49. The van der Waals surface area contributed by atoms with Crippen LogP contribution >= 0.6 is 0 Å². The zero-order valence-electron chi connectivity index (χ0n) is 10.7. The highest BCUT2D eigenvalue weighted by Gasteiger charge is 2.23. The van der Waals surface area contributed by atoms with Gasteiger partial charge in [-0.1, -0.05) is 49.7 Å². The standard InChI is InChI=1S/C17H17O/c1-2-3-6-12-9-10-15-14-8-5-4-7-13(14)11-16(15)17(12)18/h4-5,7-10H,2-3,6,11H2,1H3. The minimum Gasteiger partial charge on any atom is -0.289 e. The largest absolute Gasteiger partial charge is 0.289 e. The lowest BCUT2D eigenvalue weighted by Crippen LogP contribution is -1.90.